The first-order valence-corrected chi connectivity index (χ1v) is 10.5. The lowest BCUT2D eigenvalue weighted by atomic mass is 9.99. The number of hydrogen-bond acceptors (Lipinski definition) is 1. The molecule has 0 spiro atoms. The number of hydrogen-bond donors (Lipinski definition) is 0. The summed E-state index contributed by atoms with van der Waals surface area (Å²) in [7, 11) is 1.07. The fourth-order valence-corrected chi connectivity index (χ4v) is 4.00. The molecule has 0 amide bonds. The Morgan fingerprint density at radius 2 is 1.40 bits per heavy atom. The van der Waals surface area contributed by atoms with Crippen molar-refractivity contribution in [2.45, 2.75) is 46.7 Å². The van der Waals surface area contributed by atoms with Crippen molar-refractivity contribution in [1.82, 2.24) is 0 Å². The predicted molar refractivity (Wildman–Crippen MR) is 75.5 cm³/mol. The molecule has 0 aromatic carbocycles. The van der Waals surface area contributed by atoms with Crippen molar-refractivity contribution in [3.63, 3.8) is 0 Å². The maximum atomic E-state index is 5.79. The number of rotatable bonds is 2. The van der Waals surface area contributed by atoms with Crippen LogP contribution in [0.15, 0.2) is 0 Å². The van der Waals surface area contributed by atoms with E-state index in [0.717, 1.165) is 13.7 Å². The molecule has 0 N–H and O–H groups in total. The summed E-state index contributed by atoms with van der Waals surface area (Å²) in [4.78, 5) is 0. The van der Waals surface area contributed by atoms with Crippen molar-refractivity contribution in [3.05, 3.63) is 0 Å². The normalized spacial score (nSPS) is 15.7. The van der Waals surface area contributed by atoms with Crippen LogP contribution in [-0.4, -0.2) is 16.9 Å². The molecule has 0 radical (unpaired) electrons. The molecule has 0 bridgehead atoms. The Morgan fingerprint density at radius 3 is 1.60 bits per heavy atom. The minimum absolute atomic E-state index is 0.104. The maximum absolute atomic E-state index is 5.79. The highest BCUT2D eigenvalue weighted by Crippen LogP contribution is 2.35. The zero-order chi connectivity index (χ0) is 12.5. The monoisotopic (exact) mass is 306 g/mol. The number of halogens is 3. The van der Waals surface area contributed by atoms with Crippen molar-refractivity contribution in [1.29, 1.82) is 0 Å². The maximum Gasteiger partial charge on any atom is 0.498 e. The molecular formula is C9H18Cl3OPSi. The van der Waals surface area contributed by atoms with E-state index in [0.29, 0.717) is 0 Å². The van der Waals surface area contributed by atoms with Gasteiger partial charge in [-0.25, -0.2) is 0 Å². The molecule has 0 rings (SSSR count). The second-order valence-corrected chi connectivity index (χ2v) is 15.0. The molecule has 0 atom stereocenters. The second kappa shape index (κ2) is 5.24. The molecule has 6 heteroatoms. The SMILES string of the molecule is CC(C)(C)P=C(O[Si](Cl)(Cl)Cl)C(C)(C)C. The van der Waals surface area contributed by atoms with Gasteiger partial charge in [0, 0.05) is 10.6 Å². The van der Waals surface area contributed by atoms with E-state index in [1.165, 1.54) is 0 Å². The molecule has 0 aromatic heterocycles. The first-order valence-electron chi connectivity index (χ1n) is 4.67. The third kappa shape index (κ3) is 8.97. The molecule has 90 valence electrons. The van der Waals surface area contributed by atoms with Crippen molar-refractivity contribution >= 4 is 53.2 Å². The average Bonchev–Trinajstić information content (AvgIpc) is 1.75. The highest BCUT2D eigenvalue weighted by atomic mass is 35.8. The molecule has 0 heterocycles. The molecule has 0 aliphatic heterocycles. The van der Waals surface area contributed by atoms with Crippen molar-refractivity contribution in [3.8, 4) is 0 Å². The molecule has 0 fully saturated rings. The van der Waals surface area contributed by atoms with Gasteiger partial charge in [0.1, 0.15) is 0 Å². The van der Waals surface area contributed by atoms with Crippen LogP contribution in [0.25, 0.3) is 0 Å². The lowest BCUT2D eigenvalue weighted by Crippen LogP contribution is -2.31. The van der Waals surface area contributed by atoms with Crippen LogP contribution in [-0.2, 0) is 4.43 Å². The van der Waals surface area contributed by atoms with Gasteiger partial charge < -0.3 is 4.43 Å². The van der Waals surface area contributed by atoms with Gasteiger partial charge in [0.2, 0.25) is 0 Å². The molecule has 0 unspecified atom stereocenters. The van der Waals surface area contributed by atoms with E-state index < -0.39 is 6.25 Å². The molecule has 1 nitrogen and oxygen atoms in total. The lowest BCUT2D eigenvalue weighted by Gasteiger charge is -2.27. The van der Waals surface area contributed by atoms with E-state index in [9.17, 15) is 0 Å². The molecule has 0 aliphatic rings. The summed E-state index contributed by atoms with van der Waals surface area (Å²) >= 11 is 17.4. The third-order valence-electron chi connectivity index (χ3n) is 1.29. The van der Waals surface area contributed by atoms with E-state index in [-0.39, 0.29) is 10.6 Å². The minimum Gasteiger partial charge on any atom is -0.345 e. The largest absolute Gasteiger partial charge is 0.498 e. The van der Waals surface area contributed by atoms with Crippen LogP contribution in [0.3, 0.4) is 0 Å². The Hall–Kier alpha value is 1.22. The topological polar surface area (TPSA) is 9.23 Å². The van der Waals surface area contributed by atoms with Gasteiger partial charge in [0.05, 0.1) is 5.48 Å². The summed E-state index contributed by atoms with van der Waals surface area (Å²) < 4.78 is 5.52. The second-order valence-electron chi connectivity index (χ2n) is 5.39. The highest BCUT2D eigenvalue weighted by molar-refractivity contribution is 7.62. The standard InChI is InChI=1S/C9H18Cl3OPSi/c1-8(2,3)7(13-15(10,11)12)14-9(4,5)6/h1-6H3. The summed E-state index contributed by atoms with van der Waals surface area (Å²) in [6.45, 7) is 12.6. The summed E-state index contributed by atoms with van der Waals surface area (Å²) in [6, 6.07) is 0. The van der Waals surface area contributed by atoms with E-state index in [1.54, 1.807) is 0 Å². The minimum atomic E-state index is -3.06. The van der Waals surface area contributed by atoms with E-state index in [2.05, 4.69) is 41.5 Å². The Kier molecular flexibility index (Phi) is 5.67. The molecule has 0 saturated heterocycles. The Labute approximate surface area is 109 Å². The van der Waals surface area contributed by atoms with Crippen LogP contribution in [0.5, 0.6) is 0 Å². The van der Waals surface area contributed by atoms with Crippen molar-refractivity contribution in [2.24, 2.45) is 5.41 Å². The Bertz CT molecular complexity index is 248. The van der Waals surface area contributed by atoms with Crippen LogP contribution in [0.1, 0.15) is 41.5 Å². The average molecular weight is 308 g/mol. The van der Waals surface area contributed by atoms with Gasteiger partial charge in [-0.15, -0.1) is 0 Å². The zero-order valence-corrected chi connectivity index (χ0v) is 14.2. The first kappa shape index (κ1) is 16.2. The van der Waals surface area contributed by atoms with Crippen LogP contribution < -0.4 is 0 Å². The Morgan fingerprint density at radius 1 is 1.00 bits per heavy atom. The van der Waals surface area contributed by atoms with E-state index in [4.69, 9.17) is 37.7 Å². The predicted octanol–water partition coefficient (Wildman–Crippen LogP) is 5.08. The van der Waals surface area contributed by atoms with Gasteiger partial charge in [-0.1, -0.05) is 83.0 Å². The van der Waals surface area contributed by atoms with Crippen molar-refractivity contribution in [2.75, 3.05) is 0 Å². The fourth-order valence-electron chi connectivity index (χ4n) is 0.758. The van der Waals surface area contributed by atoms with Gasteiger partial charge >= 0.3 is 6.25 Å². The molecule has 0 aliphatic carbocycles. The lowest BCUT2D eigenvalue weighted by molar-refractivity contribution is 0.464. The van der Waals surface area contributed by atoms with Crippen LogP contribution in [0, 0.1) is 5.41 Å². The molecular weight excluding hydrogens is 290 g/mol. The highest BCUT2D eigenvalue weighted by Gasteiger charge is 2.34. The van der Waals surface area contributed by atoms with Crippen LogP contribution in [0.4, 0.5) is 0 Å². The Balaban J connectivity index is 5.02. The summed E-state index contributed by atoms with van der Waals surface area (Å²) in [5.74, 6) is 0. The third-order valence-corrected chi connectivity index (χ3v) is 4.23. The zero-order valence-electron chi connectivity index (χ0n) is 9.99. The van der Waals surface area contributed by atoms with Gasteiger partial charge in [0.25, 0.3) is 0 Å². The van der Waals surface area contributed by atoms with Crippen LogP contribution >= 0.6 is 41.4 Å². The van der Waals surface area contributed by atoms with Gasteiger partial charge in [-0.3, -0.25) is 0 Å². The molecule has 0 saturated carbocycles. The van der Waals surface area contributed by atoms with Gasteiger partial charge in [-0.05, 0) is 0 Å². The summed E-state index contributed by atoms with van der Waals surface area (Å²) in [5.41, 5.74) is 0.743. The smallest absolute Gasteiger partial charge is 0.345 e. The van der Waals surface area contributed by atoms with Crippen LogP contribution in [0.2, 0.25) is 0 Å². The van der Waals surface area contributed by atoms with Crippen molar-refractivity contribution < 1.29 is 4.43 Å². The molecule has 0 aromatic rings. The first-order chi connectivity index (χ1) is 6.31. The summed E-state index contributed by atoms with van der Waals surface area (Å²) in [5, 5.41) is 0.104. The summed E-state index contributed by atoms with van der Waals surface area (Å²) in [6.07, 6.45) is -3.06. The van der Waals surface area contributed by atoms with Gasteiger partial charge in [0.15, 0.2) is 0 Å². The fraction of sp³-hybridized carbons (Fsp3) is 0.889. The molecule has 15 heavy (non-hydrogen) atoms. The van der Waals surface area contributed by atoms with Gasteiger partial charge in [-0.2, -0.15) is 0 Å². The quantitative estimate of drug-likeness (QED) is 0.393. The van der Waals surface area contributed by atoms with E-state index in [1.807, 2.05) is 0 Å². The van der Waals surface area contributed by atoms with E-state index >= 15 is 0 Å².